The van der Waals surface area contributed by atoms with Crippen LogP contribution in [0.2, 0.25) is 0 Å². The highest BCUT2D eigenvalue weighted by atomic mass is 16.5. The molecular weight excluding hydrogens is 366 g/mol. The second kappa shape index (κ2) is 6.66. The van der Waals surface area contributed by atoms with E-state index in [1.165, 1.54) is 5.56 Å². The standard InChI is InChI=1S/C21H23N7O/c1-13-5-7-15(8-6-13)19-17(9-23-26(19)3)18-20-21(27-10-16(11-27)29-4)22-12-24-28(20)14(2)25-18/h5-9,12,16H,10-11H2,1-4H3. The van der Waals surface area contributed by atoms with E-state index < -0.39 is 0 Å². The first-order valence-electron chi connectivity index (χ1n) is 9.64. The summed E-state index contributed by atoms with van der Waals surface area (Å²) in [7, 11) is 3.70. The summed E-state index contributed by atoms with van der Waals surface area (Å²) in [6, 6.07) is 8.47. The van der Waals surface area contributed by atoms with Crippen LogP contribution < -0.4 is 4.90 Å². The summed E-state index contributed by atoms with van der Waals surface area (Å²) >= 11 is 0. The monoisotopic (exact) mass is 389 g/mol. The normalized spacial score (nSPS) is 14.6. The molecule has 1 aliphatic rings. The predicted octanol–water partition coefficient (Wildman–Crippen LogP) is 2.64. The minimum Gasteiger partial charge on any atom is -0.378 e. The Kier molecular flexibility index (Phi) is 4.09. The lowest BCUT2D eigenvalue weighted by atomic mass is 10.0. The number of fused-ring (bicyclic) bond motifs is 1. The Hall–Kier alpha value is -3.26. The van der Waals surface area contributed by atoms with Crippen LogP contribution in [0.1, 0.15) is 11.4 Å². The zero-order chi connectivity index (χ0) is 20.1. The Labute approximate surface area is 168 Å². The molecule has 148 valence electrons. The lowest BCUT2D eigenvalue weighted by molar-refractivity contribution is 0.0784. The van der Waals surface area contributed by atoms with Gasteiger partial charge in [-0.05, 0) is 13.8 Å². The van der Waals surface area contributed by atoms with E-state index in [0.717, 1.165) is 52.8 Å². The van der Waals surface area contributed by atoms with Crippen molar-refractivity contribution in [2.45, 2.75) is 20.0 Å². The van der Waals surface area contributed by atoms with E-state index in [0.29, 0.717) is 0 Å². The number of aryl methyl sites for hydroxylation is 3. The van der Waals surface area contributed by atoms with E-state index in [-0.39, 0.29) is 6.10 Å². The maximum absolute atomic E-state index is 5.44. The Bertz CT molecular complexity index is 1190. The molecule has 8 heteroatoms. The highest BCUT2D eigenvalue weighted by Crippen LogP contribution is 2.37. The molecule has 1 aromatic carbocycles. The fraction of sp³-hybridized carbons (Fsp3) is 0.333. The molecule has 1 saturated heterocycles. The molecule has 29 heavy (non-hydrogen) atoms. The van der Waals surface area contributed by atoms with Gasteiger partial charge in [-0.25, -0.2) is 14.5 Å². The van der Waals surface area contributed by atoms with Crippen LogP contribution in [0.25, 0.3) is 28.0 Å². The molecule has 0 amide bonds. The molecule has 0 unspecified atom stereocenters. The molecule has 0 bridgehead atoms. The van der Waals surface area contributed by atoms with Crippen LogP contribution >= 0.6 is 0 Å². The number of nitrogens with zero attached hydrogens (tertiary/aromatic N) is 7. The van der Waals surface area contributed by atoms with E-state index >= 15 is 0 Å². The van der Waals surface area contributed by atoms with Gasteiger partial charge in [-0.3, -0.25) is 4.68 Å². The summed E-state index contributed by atoms with van der Waals surface area (Å²) in [5.74, 6) is 1.70. The van der Waals surface area contributed by atoms with Crippen LogP contribution in [0.5, 0.6) is 0 Å². The summed E-state index contributed by atoms with van der Waals surface area (Å²) < 4.78 is 9.20. The van der Waals surface area contributed by atoms with E-state index in [1.54, 1.807) is 13.4 Å². The zero-order valence-corrected chi connectivity index (χ0v) is 17.0. The highest BCUT2D eigenvalue weighted by molar-refractivity contribution is 5.92. The van der Waals surface area contributed by atoms with Crippen molar-refractivity contribution in [3.05, 3.63) is 48.2 Å². The smallest absolute Gasteiger partial charge is 0.159 e. The topological polar surface area (TPSA) is 73.4 Å². The average Bonchev–Trinajstić information content (AvgIpc) is 3.22. The molecule has 0 N–H and O–H groups in total. The first-order valence-corrected chi connectivity index (χ1v) is 9.64. The van der Waals surface area contributed by atoms with Gasteiger partial charge in [0.05, 0.1) is 18.0 Å². The average molecular weight is 389 g/mol. The SMILES string of the molecule is COC1CN(c2ncnn3c(C)nc(-c4cnn(C)c4-c4ccc(C)cc4)c23)C1. The largest absolute Gasteiger partial charge is 0.378 e. The lowest BCUT2D eigenvalue weighted by Crippen LogP contribution is -2.52. The molecule has 8 nitrogen and oxygen atoms in total. The third-order valence-electron chi connectivity index (χ3n) is 5.57. The van der Waals surface area contributed by atoms with Gasteiger partial charge in [-0.2, -0.15) is 10.2 Å². The lowest BCUT2D eigenvalue weighted by Gasteiger charge is -2.39. The summed E-state index contributed by atoms with van der Waals surface area (Å²) in [5, 5.41) is 8.98. The number of anilines is 1. The van der Waals surface area contributed by atoms with Crippen LogP contribution in [0.3, 0.4) is 0 Å². The van der Waals surface area contributed by atoms with Gasteiger partial charge in [-0.1, -0.05) is 29.8 Å². The Morgan fingerprint density at radius 2 is 1.83 bits per heavy atom. The van der Waals surface area contributed by atoms with E-state index in [2.05, 4.69) is 51.3 Å². The van der Waals surface area contributed by atoms with Gasteiger partial charge in [0.1, 0.15) is 23.4 Å². The van der Waals surface area contributed by atoms with Gasteiger partial charge < -0.3 is 9.64 Å². The molecular formula is C21H23N7O. The summed E-state index contributed by atoms with van der Waals surface area (Å²) in [4.78, 5) is 11.7. The molecule has 0 aliphatic carbocycles. The van der Waals surface area contributed by atoms with E-state index in [1.807, 2.05) is 29.4 Å². The maximum atomic E-state index is 5.44. The zero-order valence-electron chi connectivity index (χ0n) is 17.0. The first-order chi connectivity index (χ1) is 14.1. The predicted molar refractivity (Wildman–Crippen MR) is 111 cm³/mol. The number of ether oxygens (including phenoxy) is 1. The van der Waals surface area contributed by atoms with Crippen LogP contribution in [-0.4, -0.2) is 55.7 Å². The van der Waals surface area contributed by atoms with Crippen LogP contribution in [0, 0.1) is 13.8 Å². The number of hydrogen-bond acceptors (Lipinski definition) is 6. The minimum absolute atomic E-state index is 0.235. The van der Waals surface area contributed by atoms with Gasteiger partial charge in [0.15, 0.2) is 5.82 Å². The van der Waals surface area contributed by atoms with Crippen molar-refractivity contribution in [3.8, 4) is 22.5 Å². The Morgan fingerprint density at radius 1 is 1.07 bits per heavy atom. The second-order valence-electron chi connectivity index (χ2n) is 7.51. The van der Waals surface area contributed by atoms with Crippen molar-refractivity contribution < 1.29 is 4.74 Å². The third-order valence-corrected chi connectivity index (χ3v) is 5.57. The van der Waals surface area contributed by atoms with Crippen LogP contribution in [-0.2, 0) is 11.8 Å². The molecule has 4 aromatic rings. The van der Waals surface area contributed by atoms with E-state index in [4.69, 9.17) is 9.72 Å². The van der Waals surface area contributed by atoms with Gasteiger partial charge in [0.2, 0.25) is 0 Å². The fourth-order valence-electron chi connectivity index (χ4n) is 3.90. The van der Waals surface area contributed by atoms with Crippen LogP contribution in [0.4, 0.5) is 5.82 Å². The molecule has 3 aromatic heterocycles. The molecule has 1 fully saturated rings. The molecule has 0 radical (unpaired) electrons. The number of hydrogen-bond donors (Lipinski definition) is 0. The van der Waals surface area contributed by atoms with Crippen molar-refractivity contribution in [2.24, 2.45) is 7.05 Å². The van der Waals surface area contributed by atoms with Gasteiger partial charge in [-0.15, -0.1) is 0 Å². The van der Waals surface area contributed by atoms with Gasteiger partial charge in [0.25, 0.3) is 0 Å². The highest BCUT2D eigenvalue weighted by Gasteiger charge is 2.31. The Balaban J connectivity index is 1.70. The van der Waals surface area contributed by atoms with E-state index in [9.17, 15) is 0 Å². The second-order valence-corrected chi connectivity index (χ2v) is 7.51. The summed E-state index contributed by atoms with van der Waals surface area (Å²) in [5.41, 5.74) is 6.08. The van der Waals surface area contributed by atoms with Crippen LogP contribution in [0.15, 0.2) is 36.8 Å². The summed E-state index contributed by atoms with van der Waals surface area (Å²) in [6.07, 6.45) is 3.70. The molecule has 0 atom stereocenters. The quantitative estimate of drug-likeness (QED) is 0.534. The van der Waals surface area contributed by atoms with Gasteiger partial charge in [0, 0.05) is 38.4 Å². The van der Waals surface area contributed by atoms with Crippen molar-refractivity contribution in [1.29, 1.82) is 0 Å². The fourth-order valence-corrected chi connectivity index (χ4v) is 3.90. The number of benzene rings is 1. The summed E-state index contributed by atoms with van der Waals surface area (Å²) in [6.45, 7) is 5.67. The minimum atomic E-state index is 0.235. The van der Waals surface area contributed by atoms with Crippen molar-refractivity contribution in [2.75, 3.05) is 25.1 Å². The maximum Gasteiger partial charge on any atom is 0.159 e. The Morgan fingerprint density at radius 3 is 2.55 bits per heavy atom. The molecule has 0 saturated carbocycles. The molecule has 5 rings (SSSR count). The number of aromatic nitrogens is 6. The van der Waals surface area contributed by atoms with Crippen molar-refractivity contribution in [1.82, 2.24) is 29.4 Å². The number of imidazole rings is 1. The van der Waals surface area contributed by atoms with Crippen molar-refractivity contribution in [3.63, 3.8) is 0 Å². The molecule has 0 spiro atoms. The number of methoxy groups -OCH3 is 1. The first kappa shape index (κ1) is 17.8. The number of rotatable bonds is 4. The third kappa shape index (κ3) is 2.79. The van der Waals surface area contributed by atoms with Gasteiger partial charge >= 0.3 is 0 Å². The molecule has 1 aliphatic heterocycles. The molecule has 4 heterocycles. The van der Waals surface area contributed by atoms with Crippen molar-refractivity contribution >= 4 is 11.3 Å².